The molecule has 2 rings (SSSR count). The summed E-state index contributed by atoms with van der Waals surface area (Å²) >= 11 is 5.07. The fourth-order valence-corrected chi connectivity index (χ4v) is 3.20. The van der Waals surface area contributed by atoms with Gasteiger partial charge < -0.3 is 10.6 Å². The van der Waals surface area contributed by atoms with Crippen molar-refractivity contribution in [3.8, 4) is 0 Å². The topological polar surface area (TPSA) is 49.6 Å². The third kappa shape index (κ3) is 3.42. The van der Waals surface area contributed by atoms with Crippen molar-refractivity contribution in [1.82, 2.24) is 9.80 Å². The Morgan fingerprint density at radius 2 is 1.78 bits per heavy atom. The second-order valence-electron chi connectivity index (χ2n) is 5.33. The average Bonchev–Trinajstić information content (AvgIpc) is 2.63. The average molecular weight is 269 g/mol. The van der Waals surface area contributed by atoms with Crippen LogP contribution in [-0.2, 0) is 4.79 Å². The number of nitrogens with two attached hydrogens (primary N) is 1. The zero-order valence-electron chi connectivity index (χ0n) is 10.9. The maximum atomic E-state index is 12.3. The van der Waals surface area contributed by atoms with Crippen molar-refractivity contribution in [2.24, 2.45) is 5.73 Å². The predicted octanol–water partition coefficient (Wildman–Crippen LogP) is 1.14. The van der Waals surface area contributed by atoms with Crippen molar-refractivity contribution >= 4 is 23.1 Å². The molecular weight excluding hydrogens is 246 g/mol. The van der Waals surface area contributed by atoms with E-state index in [4.69, 9.17) is 18.0 Å². The fourth-order valence-electron chi connectivity index (χ4n) is 2.93. The molecular formula is C13H23N3OS. The molecule has 18 heavy (non-hydrogen) atoms. The summed E-state index contributed by atoms with van der Waals surface area (Å²) < 4.78 is 0. The van der Waals surface area contributed by atoms with Crippen molar-refractivity contribution in [3.63, 3.8) is 0 Å². The number of carbonyl (C=O) groups excluding carboxylic acids is 1. The van der Waals surface area contributed by atoms with Crippen LogP contribution in [0.3, 0.4) is 0 Å². The van der Waals surface area contributed by atoms with E-state index in [0.29, 0.717) is 11.5 Å². The van der Waals surface area contributed by atoms with Gasteiger partial charge in [-0.25, -0.2) is 0 Å². The fraction of sp³-hybridized carbons (Fsp3) is 0.846. The highest BCUT2D eigenvalue weighted by molar-refractivity contribution is 7.80. The predicted molar refractivity (Wildman–Crippen MR) is 76.4 cm³/mol. The Balaban J connectivity index is 1.87. The number of hydrogen-bond acceptors (Lipinski definition) is 3. The van der Waals surface area contributed by atoms with Crippen LogP contribution in [0.25, 0.3) is 0 Å². The standard InChI is InChI=1S/C13H23N3OS/c14-13(18)11-6-5-9-16(11)10-12(17)15-7-3-1-2-4-8-15/h11H,1-10H2,(H2,14,18). The molecule has 4 nitrogen and oxygen atoms in total. The maximum Gasteiger partial charge on any atom is 0.236 e. The molecule has 5 heteroatoms. The summed E-state index contributed by atoms with van der Waals surface area (Å²) in [5.41, 5.74) is 5.73. The van der Waals surface area contributed by atoms with Gasteiger partial charge in [0.2, 0.25) is 5.91 Å². The Kier molecular flexibility index (Phi) is 4.95. The van der Waals surface area contributed by atoms with Crippen LogP contribution in [0.5, 0.6) is 0 Å². The molecule has 0 saturated carbocycles. The van der Waals surface area contributed by atoms with Gasteiger partial charge in [0.25, 0.3) is 0 Å². The minimum absolute atomic E-state index is 0.135. The number of amides is 1. The quantitative estimate of drug-likeness (QED) is 0.781. The van der Waals surface area contributed by atoms with Gasteiger partial charge in [0.05, 0.1) is 17.6 Å². The first-order valence-corrected chi connectivity index (χ1v) is 7.40. The highest BCUT2D eigenvalue weighted by Crippen LogP contribution is 2.18. The van der Waals surface area contributed by atoms with Crippen molar-refractivity contribution < 1.29 is 4.79 Å². The maximum absolute atomic E-state index is 12.3. The van der Waals surface area contributed by atoms with Gasteiger partial charge in [-0.1, -0.05) is 25.1 Å². The number of carbonyl (C=O) groups is 1. The molecule has 2 N–H and O–H groups in total. The molecule has 1 amide bonds. The number of nitrogens with zero attached hydrogens (tertiary/aromatic N) is 2. The monoisotopic (exact) mass is 269 g/mol. The lowest BCUT2D eigenvalue weighted by molar-refractivity contribution is -0.132. The summed E-state index contributed by atoms with van der Waals surface area (Å²) in [6, 6.07) is 0.135. The summed E-state index contributed by atoms with van der Waals surface area (Å²) in [4.78, 5) is 17.0. The van der Waals surface area contributed by atoms with Crippen molar-refractivity contribution in [2.45, 2.75) is 44.6 Å². The lowest BCUT2D eigenvalue weighted by Gasteiger charge is -2.27. The highest BCUT2D eigenvalue weighted by Gasteiger charge is 2.29. The van der Waals surface area contributed by atoms with Gasteiger partial charge in [0, 0.05) is 13.1 Å². The second kappa shape index (κ2) is 6.48. The van der Waals surface area contributed by atoms with E-state index >= 15 is 0 Å². The molecule has 0 spiro atoms. The van der Waals surface area contributed by atoms with Gasteiger partial charge in [-0.2, -0.15) is 0 Å². The van der Waals surface area contributed by atoms with E-state index in [1.807, 2.05) is 4.90 Å². The Labute approximate surface area is 114 Å². The molecule has 2 aliphatic heterocycles. The van der Waals surface area contributed by atoms with Gasteiger partial charge in [0.15, 0.2) is 0 Å². The van der Waals surface area contributed by atoms with E-state index in [9.17, 15) is 4.79 Å². The Morgan fingerprint density at radius 1 is 1.11 bits per heavy atom. The largest absolute Gasteiger partial charge is 0.392 e. The van der Waals surface area contributed by atoms with Crippen LogP contribution < -0.4 is 5.73 Å². The van der Waals surface area contributed by atoms with Gasteiger partial charge in [0.1, 0.15) is 0 Å². The number of likely N-dealkylation sites (tertiary alicyclic amines) is 2. The van der Waals surface area contributed by atoms with Crippen molar-refractivity contribution in [1.29, 1.82) is 0 Å². The molecule has 0 radical (unpaired) electrons. The van der Waals surface area contributed by atoms with E-state index in [0.717, 1.165) is 45.3 Å². The summed E-state index contributed by atoms with van der Waals surface area (Å²) in [6.45, 7) is 3.28. The summed E-state index contributed by atoms with van der Waals surface area (Å²) in [7, 11) is 0. The van der Waals surface area contributed by atoms with Gasteiger partial charge in [-0.15, -0.1) is 0 Å². The molecule has 2 heterocycles. The molecule has 2 saturated heterocycles. The van der Waals surface area contributed by atoms with Crippen molar-refractivity contribution in [3.05, 3.63) is 0 Å². The number of hydrogen-bond donors (Lipinski definition) is 1. The van der Waals surface area contributed by atoms with Crippen LogP contribution >= 0.6 is 12.2 Å². The minimum Gasteiger partial charge on any atom is -0.392 e. The second-order valence-corrected chi connectivity index (χ2v) is 5.80. The third-order valence-electron chi connectivity index (χ3n) is 3.99. The normalized spacial score (nSPS) is 26.0. The Hall–Kier alpha value is -0.680. The lowest BCUT2D eigenvalue weighted by atomic mass is 10.2. The number of rotatable bonds is 3. The molecule has 1 atom stereocenters. The van der Waals surface area contributed by atoms with E-state index in [1.165, 1.54) is 12.8 Å². The van der Waals surface area contributed by atoms with Gasteiger partial charge >= 0.3 is 0 Å². The summed E-state index contributed by atoms with van der Waals surface area (Å²) in [6.07, 6.45) is 6.89. The van der Waals surface area contributed by atoms with E-state index in [2.05, 4.69) is 4.90 Å². The van der Waals surface area contributed by atoms with E-state index < -0.39 is 0 Å². The molecule has 102 valence electrons. The SMILES string of the molecule is NC(=S)C1CCCN1CC(=O)N1CCCCCC1. The molecule has 0 bridgehead atoms. The third-order valence-corrected chi connectivity index (χ3v) is 4.26. The minimum atomic E-state index is 0.135. The molecule has 0 aromatic carbocycles. The lowest BCUT2D eigenvalue weighted by Crippen LogP contribution is -2.46. The summed E-state index contributed by atoms with van der Waals surface area (Å²) in [5, 5.41) is 0. The highest BCUT2D eigenvalue weighted by atomic mass is 32.1. The first-order valence-electron chi connectivity index (χ1n) is 6.99. The van der Waals surface area contributed by atoms with E-state index in [-0.39, 0.29) is 11.9 Å². The number of thiocarbonyl (C=S) groups is 1. The molecule has 2 fully saturated rings. The molecule has 1 unspecified atom stereocenters. The van der Waals surface area contributed by atoms with Gasteiger partial charge in [-0.05, 0) is 32.2 Å². The first kappa shape index (κ1) is 13.7. The smallest absolute Gasteiger partial charge is 0.236 e. The Bertz CT molecular complexity index is 313. The summed E-state index contributed by atoms with van der Waals surface area (Å²) in [5.74, 6) is 0.250. The molecule has 0 aliphatic carbocycles. The molecule has 0 aromatic rings. The molecule has 0 aromatic heterocycles. The first-order chi connectivity index (χ1) is 8.68. The zero-order valence-corrected chi connectivity index (χ0v) is 11.8. The van der Waals surface area contributed by atoms with Crippen LogP contribution in [0.2, 0.25) is 0 Å². The van der Waals surface area contributed by atoms with Crippen LogP contribution in [0.4, 0.5) is 0 Å². The van der Waals surface area contributed by atoms with Gasteiger partial charge in [-0.3, -0.25) is 9.69 Å². The Morgan fingerprint density at radius 3 is 2.39 bits per heavy atom. The van der Waals surface area contributed by atoms with Crippen molar-refractivity contribution in [2.75, 3.05) is 26.2 Å². The van der Waals surface area contributed by atoms with Crippen LogP contribution in [0, 0.1) is 0 Å². The van der Waals surface area contributed by atoms with Crippen LogP contribution in [0.15, 0.2) is 0 Å². The van der Waals surface area contributed by atoms with Crippen LogP contribution in [0.1, 0.15) is 38.5 Å². The van der Waals surface area contributed by atoms with E-state index in [1.54, 1.807) is 0 Å². The van der Waals surface area contributed by atoms with Crippen LogP contribution in [-0.4, -0.2) is 52.9 Å². The zero-order chi connectivity index (χ0) is 13.0. The molecule has 2 aliphatic rings.